The first-order valence-electron chi connectivity index (χ1n) is 6.24. The van der Waals surface area contributed by atoms with Crippen molar-refractivity contribution in [2.75, 3.05) is 12.0 Å². The molecule has 0 saturated heterocycles. The highest BCUT2D eigenvalue weighted by Gasteiger charge is 2.53. The summed E-state index contributed by atoms with van der Waals surface area (Å²) in [5.41, 5.74) is 0.151. The lowest BCUT2D eigenvalue weighted by Crippen LogP contribution is -2.50. The van der Waals surface area contributed by atoms with Gasteiger partial charge < -0.3 is 0 Å². The topological polar surface area (TPSA) is 17.1 Å². The zero-order valence-corrected chi connectivity index (χ0v) is 10.3. The van der Waals surface area contributed by atoms with Crippen molar-refractivity contribution in [3.8, 4) is 0 Å². The highest BCUT2D eigenvalue weighted by molar-refractivity contribution is 7.99. The molecule has 4 rings (SSSR count). The van der Waals surface area contributed by atoms with Gasteiger partial charge in [-0.2, -0.15) is 11.8 Å². The monoisotopic (exact) mass is 224 g/mol. The first-order valence-corrected chi connectivity index (χ1v) is 7.63. The van der Waals surface area contributed by atoms with Gasteiger partial charge in [-0.25, -0.2) is 0 Å². The van der Waals surface area contributed by atoms with E-state index in [4.69, 9.17) is 0 Å². The molecule has 4 saturated carbocycles. The molecule has 84 valence electrons. The van der Waals surface area contributed by atoms with E-state index in [1.165, 1.54) is 38.5 Å². The van der Waals surface area contributed by atoms with Gasteiger partial charge in [0.2, 0.25) is 0 Å². The van der Waals surface area contributed by atoms with Crippen LogP contribution < -0.4 is 0 Å². The van der Waals surface area contributed by atoms with Crippen LogP contribution in [0.3, 0.4) is 0 Å². The molecule has 0 unspecified atom stereocenters. The van der Waals surface area contributed by atoms with Crippen LogP contribution in [0.2, 0.25) is 0 Å². The minimum atomic E-state index is 0.151. The molecule has 1 nitrogen and oxygen atoms in total. The maximum Gasteiger partial charge on any atom is 0.148 e. The lowest BCUT2D eigenvalue weighted by atomic mass is 9.48. The Kier molecular flexibility index (Phi) is 2.39. The van der Waals surface area contributed by atoms with E-state index in [-0.39, 0.29) is 5.41 Å². The van der Waals surface area contributed by atoms with E-state index in [0.29, 0.717) is 5.78 Å². The highest BCUT2D eigenvalue weighted by atomic mass is 32.2. The van der Waals surface area contributed by atoms with Crippen LogP contribution in [0.25, 0.3) is 0 Å². The normalized spacial score (nSPS) is 47.1. The van der Waals surface area contributed by atoms with Crippen molar-refractivity contribution >= 4 is 17.5 Å². The Morgan fingerprint density at radius 2 is 1.60 bits per heavy atom. The van der Waals surface area contributed by atoms with E-state index in [1.807, 2.05) is 0 Å². The van der Waals surface area contributed by atoms with Crippen LogP contribution in [0.1, 0.15) is 38.5 Å². The number of thioether (sulfide) groups is 1. The van der Waals surface area contributed by atoms with Crippen molar-refractivity contribution in [1.29, 1.82) is 0 Å². The lowest BCUT2D eigenvalue weighted by molar-refractivity contribution is -0.141. The third-order valence-electron chi connectivity index (χ3n) is 4.91. The van der Waals surface area contributed by atoms with E-state index in [9.17, 15) is 4.79 Å². The molecule has 4 aliphatic rings. The van der Waals surface area contributed by atoms with Gasteiger partial charge in [0.25, 0.3) is 0 Å². The number of hydrogen-bond donors (Lipinski definition) is 0. The van der Waals surface area contributed by atoms with Gasteiger partial charge in [0.05, 0.1) is 5.75 Å². The summed E-state index contributed by atoms with van der Waals surface area (Å²) in [7, 11) is 0. The molecule has 0 amide bonds. The van der Waals surface area contributed by atoms with E-state index < -0.39 is 0 Å². The van der Waals surface area contributed by atoms with Crippen LogP contribution in [-0.2, 0) is 4.79 Å². The fourth-order valence-corrected chi connectivity index (χ4v) is 5.30. The molecule has 4 aliphatic carbocycles. The summed E-state index contributed by atoms with van der Waals surface area (Å²) in [5.74, 6) is 4.05. The van der Waals surface area contributed by atoms with Crippen molar-refractivity contribution in [2.45, 2.75) is 38.5 Å². The number of hydrogen-bond acceptors (Lipinski definition) is 2. The average molecular weight is 224 g/mol. The Hall–Kier alpha value is 0.0200. The second-order valence-corrected chi connectivity index (χ2v) is 6.92. The van der Waals surface area contributed by atoms with Crippen molar-refractivity contribution in [2.24, 2.45) is 23.2 Å². The molecule has 0 aromatic rings. The number of Topliss-reactive ketones (excluding diaryl/α,β-unsaturated/α-hetero) is 1. The fraction of sp³-hybridized carbons (Fsp3) is 0.923. The lowest BCUT2D eigenvalue weighted by Gasteiger charge is -2.56. The number of rotatable bonds is 3. The van der Waals surface area contributed by atoms with Crippen LogP contribution in [0.15, 0.2) is 0 Å². The summed E-state index contributed by atoms with van der Waals surface area (Å²) in [6.07, 6.45) is 10.1. The van der Waals surface area contributed by atoms with Gasteiger partial charge in [0.15, 0.2) is 0 Å². The number of carbonyl (C=O) groups is 1. The van der Waals surface area contributed by atoms with Gasteiger partial charge in [0.1, 0.15) is 5.78 Å². The van der Waals surface area contributed by atoms with E-state index in [2.05, 4.69) is 6.26 Å². The van der Waals surface area contributed by atoms with Crippen LogP contribution in [0.4, 0.5) is 0 Å². The predicted molar refractivity (Wildman–Crippen MR) is 64.0 cm³/mol. The predicted octanol–water partition coefficient (Wildman–Crippen LogP) is 3.13. The van der Waals surface area contributed by atoms with Crippen molar-refractivity contribution < 1.29 is 4.79 Å². The molecule has 2 heteroatoms. The van der Waals surface area contributed by atoms with Gasteiger partial charge in [-0.1, -0.05) is 0 Å². The number of ketones is 1. The second-order valence-electron chi connectivity index (χ2n) is 6.05. The van der Waals surface area contributed by atoms with Gasteiger partial charge in [-0.05, 0) is 62.5 Å². The van der Waals surface area contributed by atoms with Gasteiger partial charge in [-0.15, -0.1) is 0 Å². The minimum absolute atomic E-state index is 0.151. The zero-order valence-electron chi connectivity index (χ0n) is 9.50. The Balaban J connectivity index is 1.83. The van der Waals surface area contributed by atoms with Crippen molar-refractivity contribution in [3.05, 3.63) is 0 Å². The first kappa shape index (κ1) is 10.2. The zero-order chi connectivity index (χ0) is 10.5. The van der Waals surface area contributed by atoms with Crippen LogP contribution >= 0.6 is 11.8 Å². The summed E-state index contributed by atoms with van der Waals surface area (Å²) >= 11 is 1.71. The van der Waals surface area contributed by atoms with Crippen molar-refractivity contribution in [1.82, 2.24) is 0 Å². The smallest absolute Gasteiger partial charge is 0.148 e. The van der Waals surface area contributed by atoms with Gasteiger partial charge in [0, 0.05) is 5.41 Å². The summed E-state index contributed by atoms with van der Waals surface area (Å²) in [6, 6.07) is 0. The quantitative estimate of drug-likeness (QED) is 0.732. The molecule has 0 aromatic heterocycles. The van der Waals surface area contributed by atoms with E-state index in [0.717, 1.165) is 23.5 Å². The summed E-state index contributed by atoms with van der Waals surface area (Å²) < 4.78 is 0. The molecular weight excluding hydrogens is 204 g/mol. The molecule has 0 N–H and O–H groups in total. The molecule has 4 bridgehead atoms. The van der Waals surface area contributed by atoms with Crippen LogP contribution in [0.5, 0.6) is 0 Å². The Morgan fingerprint density at radius 3 is 2.00 bits per heavy atom. The average Bonchev–Trinajstić information content (AvgIpc) is 2.15. The molecule has 0 radical (unpaired) electrons. The van der Waals surface area contributed by atoms with E-state index in [1.54, 1.807) is 11.8 Å². The number of carbonyl (C=O) groups excluding carboxylic acids is 1. The molecule has 0 heterocycles. The molecule has 0 aromatic carbocycles. The largest absolute Gasteiger partial charge is 0.298 e. The molecule has 0 aliphatic heterocycles. The molecule has 0 atom stereocenters. The SMILES string of the molecule is CSCC(=O)C12CC3CC(CC(C3)C1)C2. The summed E-state index contributed by atoms with van der Waals surface area (Å²) in [5, 5.41) is 0. The Bertz CT molecular complexity index is 249. The molecular formula is C13H20OS. The fourth-order valence-electron chi connectivity index (χ4n) is 4.74. The minimum Gasteiger partial charge on any atom is -0.298 e. The van der Waals surface area contributed by atoms with Crippen molar-refractivity contribution in [3.63, 3.8) is 0 Å². The molecule has 15 heavy (non-hydrogen) atoms. The van der Waals surface area contributed by atoms with Crippen LogP contribution in [-0.4, -0.2) is 17.8 Å². The molecule has 0 spiro atoms. The Morgan fingerprint density at radius 1 is 1.13 bits per heavy atom. The summed E-state index contributed by atoms with van der Waals surface area (Å²) in [6.45, 7) is 0. The standard InChI is InChI=1S/C13H20OS/c1-15-8-12(14)13-5-9-2-10(6-13)4-11(3-9)7-13/h9-11H,2-8H2,1H3. The second kappa shape index (κ2) is 3.51. The maximum absolute atomic E-state index is 12.3. The molecule has 4 fully saturated rings. The van der Waals surface area contributed by atoms with Gasteiger partial charge >= 0.3 is 0 Å². The summed E-state index contributed by atoms with van der Waals surface area (Å²) in [4.78, 5) is 12.3. The first-order chi connectivity index (χ1) is 7.22. The van der Waals surface area contributed by atoms with Crippen LogP contribution in [0, 0.1) is 23.2 Å². The van der Waals surface area contributed by atoms with E-state index >= 15 is 0 Å². The Labute approximate surface area is 96.4 Å². The third-order valence-corrected chi connectivity index (χ3v) is 5.46. The van der Waals surface area contributed by atoms with Gasteiger partial charge in [-0.3, -0.25) is 4.79 Å². The third kappa shape index (κ3) is 1.56. The maximum atomic E-state index is 12.3. The highest BCUT2D eigenvalue weighted by Crippen LogP contribution is 2.60.